The lowest BCUT2D eigenvalue weighted by Gasteiger charge is -2.28. The summed E-state index contributed by atoms with van der Waals surface area (Å²) < 4.78 is 7.36. The molecule has 0 bridgehead atoms. The first kappa shape index (κ1) is 19.6. The van der Waals surface area contributed by atoms with Crippen LogP contribution in [0.15, 0.2) is 17.6 Å². The number of amides is 1. The van der Waals surface area contributed by atoms with E-state index in [1.165, 1.54) is 11.3 Å². The van der Waals surface area contributed by atoms with Crippen LogP contribution < -0.4 is 5.32 Å². The Kier molecular flexibility index (Phi) is 6.31. The van der Waals surface area contributed by atoms with Crippen molar-refractivity contribution in [2.75, 3.05) is 11.9 Å². The Labute approximate surface area is 163 Å². The van der Waals surface area contributed by atoms with Gasteiger partial charge in [-0.15, -0.1) is 11.3 Å². The van der Waals surface area contributed by atoms with Crippen molar-refractivity contribution in [2.24, 2.45) is 11.8 Å². The van der Waals surface area contributed by atoms with Gasteiger partial charge in [0.05, 0.1) is 12.2 Å². The van der Waals surface area contributed by atoms with Gasteiger partial charge in [-0.1, -0.05) is 0 Å². The first-order valence-electron chi connectivity index (χ1n) is 9.53. The summed E-state index contributed by atoms with van der Waals surface area (Å²) in [6, 6.07) is 1.92. The van der Waals surface area contributed by atoms with Crippen molar-refractivity contribution >= 4 is 28.3 Å². The van der Waals surface area contributed by atoms with Gasteiger partial charge in [-0.05, 0) is 58.4 Å². The zero-order valence-electron chi connectivity index (χ0n) is 16.2. The van der Waals surface area contributed by atoms with Crippen LogP contribution >= 0.6 is 11.3 Å². The second kappa shape index (κ2) is 8.69. The zero-order valence-corrected chi connectivity index (χ0v) is 17.0. The molecular weight excluding hydrogens is 362 g/mol. The minimum Gasteiger partial charge on any atom is -0.462 e. The summed E-state index contributed by atoms with van der Waals surface area (Å²) in [6.45, 7) is 7.10. The number of aromatic nitrogens is 2. The van der Waals surface area contributed by atoms with Gasteiger partial charge in [0.25, 0.3) is 0 Å². The van der Waals surface area contributed by atoms with E-state index in [1.54, 1.807) is 6.20 Å². The largest absolute Gasteiger partial charge is 0.462 e. The molecule has 2 aromatic rings. The average molecular weight is 390 g/mol. The molecule has 6 nitrogen and oxygen atoms in total. The molecular formula is C20H27N3O3S. The van der Waals surface area contributed by atoms with Gasteiger partial charge in [-0.3, -0.25) is 4.79 Å². The normalized spacial score (nSPS) is 19.7. The Morgan fingerprint density at radius 2 is 2.04 bits per heavy atom. The lowest BCUT2D eigenvalue weighted by molar-refractivity contribution is -0.121. The van der Waals surface area contributed by atoms with E-state index in [1.807, 2.05) is 32.2 Å². The van der Waals surface area contributed by atoms with Gasteiger partial charge in [0.15, 0.2) is 5.13 Å². The van der Waals surface area contributed by atoms with E-state index in [0.29, 0.717) is 23.2 Å². The van der Waals surface area contributed by atoms with E-state index in [0.717, 1.165) is 43.6 Å². The van der Waals surface area contributed by atoms with Gasteiger partial charge < -0.3 is 14.6 Å². The lowest BCUT2D eigenvalue weighted by Crippen LogP contribution is -2.28. The number of hydrogen-bond donors (Lipinski definition) is 1. The number of hydrogen-bond acceptors (Lipinski definition) is 5. The first-order chi connectivity index (χ1) is 13.0. The SMILES string of the molecule is CCOC(=O)c1cc(C)n(CC2CCC(C(=O)Nc3nccs3)CC2)c1C. The Morgan fingerprint density at radius 3 is 2.67 bits per heavy atom. The quantitative estimate of drug-likeness (QED) is 0.752. The molecule has 0 saturated heterocycles. The molecule has 1 N–H and O–H groups in total. The van der Waals surface area contributed by atoms with Crippen LogP contribution in [0.4, 0.5) is 5.13 Å². The summed E-state index contributed by atoms with van der Waals surface area (Å²) in [7, 11) is 0. The maximum atomic E-state index is 12.4. The third-order valence-electron chi connectivity index (χ3n) is 5.39. The highest BCUT2D eigenvalue weighted by molar-refractivity contribution is 7.13. The van der Waals surface area contributed by atoms with E-state index >= 15 is 0 Å². The predicted molar refractivity (Wildman–Crippen MR) is 106 cm³/mol. The molecule has 0 aliphatic heterocycles. The number of aryl methyl sites for hydroxylation is 1. The van der Waals surface area contributed by atoms with Crippen LogP contribution in [0.3, 0.4) is 0 Å². The number of rotatable bonds is 6. The number of nitrogens with zero attached hydrogens (tertiary/aromatic N) is 2. The molecule has 1 aliphatic carbocycles. The Bertz CT molecular complexity index is 790. The van der Waals surface area contributed by atoms with Gasteiger partial charge in [-0.2, -0.15) is 0 Å². The monoisotopic (exact) mass is 389 g/mol. The van der Waals surface area contributed by atoms with Crippen molar-refractivity contribution in [1.29, 1.82) is 0 Å². The zero-order chi connectivity index (χ0) is 19.4. The Morgan fingerprint density at radius 1 is 1.30 bits per heavy atom. The number of ether oxygens (including phenoxy) is 1. The van der Waals surface area contributed by atoms with Crippen LogP contribution in [-0.2, 0) is 16.1 Å². The van der Waals surface area contributed by atoms with Crippen LogP contribution in [0.1, 0.15) is 54.4 Å². The van der Waals surface area contributed by atoms with Gasteiger partial charge in [0.2, 0.25) is 5.91 Å². The highest BCUT2D eigenvalue weighted by Crippen LogP contribution is 2.32. The van der Waals surface area contributed by atoms with E-state index in [9.17, 15) is 9.59 Å². The van der Waals surface area contributed by atoms with Crippen molar-refractivity contribution in [3.8, 4) is 0 Å². The molecule has 0 unspecified atom stereocenters. The van der Waals surface area contributed by atoms with Crippen molar-refractivity contribution in [3.05, 3.63) is 34.6 Å². The summed E-state index contributed by atoms with van der Waals surface area (Å²) in [5, 5.41) is 5.45. The summed E-state index contributed by atoms with van der Waals surface area (Å²) in [5.74, 6) is 0.418. The van der Waals surface area contributed by atoms with E-state index in [4.69, 9.17) is 4.74 Å². The maximum absolute atomic E-state index is 12.4. The van der Waals surface area contributed by atoms with Crippen LogP contribution in [0.25, 0.3) is 0 Å². The molecule has 146 valence electrons. The van der Waals surface area contributed by atoms with Crippen molar-refractivity contribution in [3.63, 3.8) is 0 Å². The number of anilines is 1. The second-order valence-corrected chi connectivity index (χ2v) is 8.05. The van der Waals surface area contributed by atoms with E-state index in [-0.39, 0.29) is 17.8 Å². The molecule has 27 heavy (non-hydrogen) atoms. The molecule has 3 rings (SSSR count). The van der Waals surface area contributed by atoms with E-state index < -0.39 is 0 Å². The fourth-order valence-electron chi connectivity index (χ4n) is 3.86. The van der Waals surface area contributed by atoms with Crippen LogP contribution in [0.2, 0.25) is 0 Å². The van der Waals surface area contributed by atoms with Gasteiger partial charge >= 0.3 is 5.97 Å². The number of nitrogens with one attached hydrogen (secondary N) is 1. The third-order valence-corrected chi connectivity index (χ3v) is 6.08. The second-order valence-electron chi connectivity index (χ2n) is 7.16. The summed E-state index contributed by atoms with van der Waals surface area (Å²) in [5.41, 5.74) is 2.71. The van der Waals surface area contributed by atoms with Gasteiger partial charge in [0.1, 0.15) is 0 Å². The number of thiazole rings is 1. The number of carbonyl (C=O) groups is 2. The first-order valence-corrected chi connectivity index (χ1v) is 10.4. The summed E-state index contributed by atoms with van der Waals surface area (Å²) in [6.07, 6.45) is 5.52. The minimum atomic E-state index is -0.251. The van der Waals surface area contributed by atoms with Crippen LogP contribution in [0.5, 0.6) is 0 Å². The van der Waals surface area contributed by atoms with Crippen molar-refractivity contribution < 1.29 is 14.3 Å². The standard InChI is InChI=1S/C20H27N3O3S/c1-4-26-19(25)17-11-13(2)23(14(17)3)12-15-5-7-16(8-6-15)18(24)22-20-21-9-10-27-20/h9-11,15-16H,4-8,12H2,1-3H3,(H,21,22,24). The molecule has 1 fully saturated rings. The van der Waals surface area contributed by atoms with Crippen molar-refractivity contribution in [2.45, 2.75) is 53.0 Å². The number of carbonyl (C=O) groups excluding carboxylic acids is 2. The maximum Gasteiger partial charge on any atom is 0.339 e. The predicted octanol–water partition coefficient (Wildman–Crippen LogP) is 4.18. The van der Waals surface area contributed by atoms with Gasteiger partial charge in [0, 0.05) is 35.4 Å². The average Bonchev–Trinajstić information content (AvgIpc) is 3.26. The fourth-order valence-corrected chi connectivity index (χ4v) is 4.39. The minimum absolute atomic E-state index is 0.0621. The molecule has 0 radical (unpaired) electrons. The molecule has 7 heteroatoms. The number of esters is 1. The molecule has 1 saturated carbocycles. The lowest BCUT2D eigenvalue weighted by atomic mass is 9.81. The third kappa shape index (κ3) is 4.58. The summed E-state index contributed by atoms with van der Waals surface area (Å²) >= 11 is 1.44. The molecule has 2 aromatic heterocycles. The molecule has 2 heterocycles. The van der Waals surface area contributed by atoms with Gasteiger partial charge in [-0.25, -0.2) is 9.78 Å². The molecule has 0 spiro atoms. The highest BCUT2D eigenvalue weighted by atomic mass is 32.1. The summed E-state index contributed by atoms with van der Waals surface area (Å²) in [4.78, 5) is 28.6. The van der Waals surface area contributed by atoms with Crippen molar-refractivity contribution in [1.82, 2.24) is 9.55 Å². The highest BCUT2D eigenvalue weighted by Gasteiger charge is 2.28. The Hall–Kier alpha value is -2.15. The molecule has 1 aliphatic rings. The topological polar surface area (TPSA) is 73.2 Å². The fraction of sp³-hybridized carbons (Fsp3) is 0.550. The van der Waals surface area contributed by atoms with Crippen LogP contribution in [-0.4, -0.2) is 28.0 Å². The molecule has 1 amide bonds. The van der Waals surface area contributed by atoms with Crippen LogP contribution in [0, 0.1) is 25.7 Å². The Balaban J connectivity index is 1.56. The van der Waals surface area contributed by atoms with E-state index in [2.05, 4.69) is 14.9 Å². The molecule has 0 atom stereocenters. The molecule has 0 aromatic carbocycles. The smallest absolute Gasteiger partial charge is 0.339 e.